The lowest BCUT2D eigenvalue weighted by atomic mass is 10.1. The molecule has 0 fully saturated rings. The lowest BCUT2D eigenvalue weighted by Crippen LogP contribution is -2.05. The third kappa shape index (κ3) is 3.26. The molecular formula is C16H21N3O. The number of aryl methyl sites for hydroxylation is 2. The van der Waals surface area contributed by atoms with E-state index < -0.39 is 0 Å². The van der Waals surface area contributed by atoms with Crippen LogP contribution in [0.5, 0.6) is 11.6 Å². The Bertz CT molecular complexity index is 596. The standard InChI is InChI=1S/C16H21N3O/c1-5-8-17-15-13(4)16(19-10-18-15)20-14-7-6-11(2)12(3)9-14/h6-7,9-10H,5,8H2,1-4H3,(H,17,18,19). The van der Waals surface area contributed by atoms with E-state index in [9.17, 15) is 0 Å². The summed E-state index contributed by atoms with van der Waals surface area (Å²) in [6.45, 7) is 9.14. The number of nitrogens with one attached hydrogen (secondary N) is 1. The summed E-state index contributed by atoms with van der Waals surface area (Å²) in [7, 11) is 0. The lowest BCUT2D eigenvalue weighted by molar-refractivity contribution is 0.457. The third-order valence-electron chi connectivity index (χ3n) is 3.27. The quantitative estimate of drug-likeness (QED) is 0.892. The van der Waals surface area contributed by atoms with E-state index in [0.29, 0.717) is 5.88 Å². The van der Waals surface area contributed by atoms with Gasteiger partial charge in [-0.05, 0) is 50.5 Å². The average molecular weight is 271 g/mol. The molecule has 1 heterocycles. The van der Waals surface area contributed by atoms with Crippen molar-refractivity contribution in [3.05, 3.63) is 41.2 Å². The molecular weight excluding hydrogens is 250 g/mol. The Labute approximate surface area is 120 Å². The fourth-order valence-corrected chi connectivity index (χ4v) is 1.85. The first kappa shape index (κ1) is 14.3. The molecule has 4 nitrogen and oxygen atoms in total. The maximum absolute atomic E-state index is 5.87. The van der Waals surface area contributed by atoms with Crippen LogP contribution in [0.3, 0.4) is 0 Å². The topological polar surface area (TPSA) is 47.0 Å². The number of hydrogen-bond donors (Lipinski definition) is 1. The minimum atomic E-state index is 0.599. The summed E-state index contributed by atoms with van der Waals surface area (Å²) in [5, 5.41) is 3.28. The molecule has 0 aliphatic carbocycles. The van der Waals surface area contributed by atoms with Crippen LogP contribution in [0.1, 0.15) is 30.0 Å². The van der Waals surface area contributed by atoms with Gasteiger partial charge in [0.1, 0.15) is 17.9 Å². The van der Waals surface area contributed by atoms with Crippen LogP contribution < -0.4 is 10.1 Å². The molecule has 0 bridgehead atoms. The van der Waals surface area contributed by atoms with Gasteiger partial charge >= 0.3 is 0 Å². The van der Waals surface area contributed by atoms with Gasteiger partial charge in [0.25, 0.3) is 0 Å². The third-order valence-corrected chi connectivity index (χ3v) is 3.27. The molecule has 0 radical (unpaired) electrons. The van der Waals surface area contributed by atoms with Crippen molar-refractivity contribution in [3.8, 4) is 11.6 Å². The molecule has 2 rings (SSSR count). The Balaban J connectivity index is 2.22. The van der Waals surface area contributed by atoms with Crippen LogP contribution in [0.25, 0.3) is 0 Å². The first-order valence-corrected chi connectivity index (χ1v) is 6.92. The summed E-state index contributed by atoms with van der Waals surface area (Å²) in [4.78, 5) is 8.47. The van der Waals surface area contributed by atoms with E-state index in [1.54, 1.807) is 0 Å². The zero-order valence-corrected chi connectivity index (χ0v) is 12.5. The van der Waals surface area contributed by atoms with Crippen molar-refractivity contribution in [2.45, 2.75) is 34.1 Å². The van der Waals surface area contributed by atoms with Crippen molar-refractivity contribution in [3.63, 3.8) is 0 Å². The first-order chi connectivity index (χ1) is 9.61. The molecule has 1 aromatic carbocycles. The molecule has 0 amide bonds. The monoisotopic (exact) mass is 271 g/mol. The van der Waals surface area contributed by atoms with E-state index in [-0.39, 0.29) is 0 Å². The zero-order chi connectivity index (χ0) is 14.5. The summed E-state index contributed by atoms with van der Waals surface area (Å²) in [5.74, 6) is 2.24. The van der Waals surface area contributed by atoms with E-state index >= 15 is 0 Å². The Morgan fingerprint density at radius 2 is 1.90 bits per heavy atom. The van der Waals surface area contributed by atoms with Gasteiger partial charge in [-0.15, -0.1) is 0 Å². The smallest absolute Gasteiger partial charge is 0.227 e. The van der Waals surface area contributed by atoms with Crippen LogP contribution in [0.4, 0.5) is 5.82 Å². The molecule has 4 heteroatoms. The fourth-order valence-electron chi connectivity index (χ4n) is 1.85. The highest BCUT2D eigenvalue weighted by atomic mass is 16.5. The van der Waals surface area contributed by atoms with Gasteiger partial charge in [-0.2, -0.15) is 0 Å². The second-order valence-corrected chi connectivity index (χ2v) is 4.93. The van der Waals surface area contributed by atoms with Gasteiger partial charge in [-0.3, -0.25) is 0 Å². The van der Waals surface area contributed by atoms with Crippen LogP contribution in [-0.4, -0.2) is 16.5 Å². The molecule has 0 saturated carbocycles. The minimum absolute atomic E-state index is 0.599. The van der Waals surface area contributed by atoms with Gasteiger partial charge in [0.05, 0.1) is 5.56 Å². The molecule has 106 valence electrons. The lowest BCUT2D eigenvalue weighted by Gasteiger charge is -2.12. The Morgan fingerprint density at radius 3 is 2.60 bits per heavy atom. The zero-order valence-electron chi connectivity index (χ0n) is 12.5. The molecule has 1 aromatic heterocycles. The second-order valence-electron chi connectivity index (χ2n) is 4.93. The number of hydrogen-bond acceptors (Lipinski definition) is 4. The molecule has 0 spiro atoms. The molecule has 0 atom stereocenters. The van der Waals surface area contributed by atoms with Gasteiger partial charge in [-0.25, -0.2) is 9.97 Å². The molecule has 2 aromatic rings. The highest BCUT2D eigenvalue weighted by Gasteiger charge is 2.09. The van der Waals surface area contributed by atoms with Crippen molar-refractivity contribution < 1.29 is 4.74 Å². The van der Waals surface area contributed by atoms with Crippen LogP contribution in [-0.2, 0) is 0 Å². The Kier molecular flexibility index (Phi) is 4.56. The fraction of sp³-hybridized carbons (Fsp3) is 0.375. The molecule has 0 aliphatic rings. The van der Waals surface area contributed by atoms with Crippen molar-refractivity contribution in [1.29, 1.82) is 0 Å². The minimum Gasteiger partial charge on any atom is -0.439 e. The SMILES string of the molecule is CCCNc1ncnc(Oc2ccc(C)c(C)c2)c1C. The largest absolute Gasteiger partial charge is 0.439 e. The normalized spacial score (nSPS) is 10.4. The van der Waals surface area contributed by atoms with Crippen molar-refractivity contribution >= 4 is 5.82 Å². The van der Waals surface area contributed by atoms with Crippen LogP contribution in [0.15, 0.2) is 24.5 Å². The van der Waals surface area contributed by atoms with Crippen molar-refractivity contribution in [1.82, 2.24) is 9.97 Å². The van der Waals surface area contributed by atoms with E-state index in [1.165, 1.54) is 17.5 Å². The van der Waals surface area contributed by atoms with Crippen molar-refractivity contribution in [2.75, 3.05) is 11.9 Å². The van der Waals surface area contributed by atoms with Gasteiger partial charge in [0.2, 0.25) is 5.88 Å². The molecule has 0 saturated heterocycles. The predicted octanol–water partition coefficient (Wildman–Crippen LogP) is 4.02. The number of aromatic nitrogens is 2. The van der Waals surface area contributed by atoms with E-state index in [1.807, 2.05) is 19.1 Å². The molecule has 0 aliphatic heterocycles. The van der Waals surface area contributed by atoms with Gasteiger partial charge in [0.15, 0.2) is 0 Å². The van der Waals surface area contributed by atoms with Crippen LogP contribution in [0.2, 0.25) is 0 Å². The number of benzene rings is 1. The number of rotatable bonds is 5. The average Bonchev–Trinajstić information content (AvgIpc) is 2.44. The summed E-state index contributed by atoms with van der Waals surface area (Å²) in [6, 6.07) is 6.04. The number of ether oxygens (including phenoxy) is 1. The van der Waals surface area contributed by atoms with Crippen molar-refractivity contribution in [2.24, 2.45) is 0 Å². The van der Waals surface area contributed by atoms with Gasteiger partial charge in [-0.1, -0.05) is 13.0 Å². The molecule has 20 heavy (non-hydrogen) atoms. The van der Waals surface area contributed by atoms with Crippen LogP contribution in [0, 0.1) is 20.8 Å². The maximum atomic E-state index is 5.87. The Hall–Kier alpha value is -2.10. The van der Waals surface area contributed by atoms with E-state index in [0.717, 1.165) is 30.1 Å². The van der Waals surface area contributed by atoms with E-state index in [4.69, 9.17) is 4.74 Å². The predicted molar refractivity (Wildman–Crippen MR) is 81.5 cm³/mol. The Morgan fingerprint density at radius 1 is 1.10 bits per heavy atom. The summed E-state index contributed by atoms with van der Waals surface area (Å²) in [5.41, 5.74) is 3.39. The summed E-state index contributed by atoms with van der Waals surface area (Å²) < 4.78 is 5.87. The number of anilines is 1. The van der Waals surface area contributed by atoms with E-state index in [2.05, 4.69) is 42.1 Å². The second kappa shape index (κ2) is 6.37. The first-order valence-electron chi connectivity index (χ1n) is 6.92. The summed E-state index contributed by atoms with van der Waals surface area (Å²) in [6.07, 6.45) is 2.58. The summed E-state index contributed by atoms with van der Waals surface area (Å²) >= 11 is 0. The van der Waals surface area contributed by atoms with Gasteiger partial charge in [0, 0.05) is 6.54 Å². The van der Waals surface area contributed by atoms with Gasteiger partial charge < -0.3 is 10.1 Å². The van der Waals surface area contributed by atoms with Crippen LogP contribution >= 0.6 is 0 Å². The molecule has 1 N–H and O–H groups in total. The maximum Gasteiger partial charge on any atom is 0.227 e. The highest BCUT2D eigenvalue weighted by molar-refractivity contribution is 5.49. The highest BCUT2D eigenvalue weighted by Crippen LogP contribution is 2.27. The molecule has 0 unspecified atom stereocenters. The number of nitrogens with zero attached hydrogens (tertiary/aromatic N) is 2.